The van der Waals surface area contributed by atoms with E-state index in [1.165, 1.54) is 14.2 Å². The van der Waals surface area contributed by atoms with E-state index in [1.54, 1.807) is 32.3 Å². The summed E-state index contributed by atoms with van der Waals surface area (Å²) < 4.78 is 32.5. The highest BCUT2D eigenvalue weighted by Gasteiger charge is 2.50. The van der Waals surface area contributed by atoms with Gasteiger partial charge in [-0.25, -0.2) is 4.98 Å². The van der Waals surface area contributed by atoms with E-state index in [0.29, 0.717) is 57.3 Å². The average Bonchev–Trinajstić information content (AvgIpc) is 3.46. The monoisotopic (exact) mass is 844 g/mol. The van der Waals surface area contributed by atoms with Crippen LogP contribution in [0.5, 0.6) is 0 Å². The van der Waals surface area contributed by atoms with Crippen LogP contribution in [0.4, 0.5) is 0 Å². The van der Waals surface area contributed by atoms with E-state index >= 15 is 0 Å². The lowest BCUT2D eigenvalue weighted by molar-refractivity contribution is -0.155. The fraction of sp³-hybridized carbons (Fsp3) is 0.478. The lowest BCUT2D eigenvalue weighted by Crippen LogP contribution is -2.41. The first kappa shape index (κ1) is 46.9. The van der Waals surface area contributed by atoms with Crippen LogP contribution in [0.3, 0.4) is 0 Å². The number of hydrogen-bond acceptors (Lipinski definition) is 12. The van der Waals surface area contributed by atoms with Gasteiger partial charge in [-0.15, -0.1) is 0 Å². The molecule has 7 rings (SSSR count). The number of methoxy groups -OCH3 is 2. The Kier molecular flexibility index (Phi) is 15.7. The number of aromatic nitrogens is 2. The maximum Gasteiger partial charge on any atom is 0.486 e. The largest absolute Gasteiger partial charge is 0.486 e. The van der Waals surface area contributed by atoms with Crippen molar-refractivity contribution in [3.63, 3.8) is 0 Å². The molecule has 3 fully saturated rings. The summed E-state index contributed by atoms with van der Waals surface area (Å²) in [7, 11) is 2.39. The fourth-order valence-electron chi connectivity index (χ4n) is 7.15. The van der Waals surface area contributed by atoms with E-state index in [4.69, 9.17) is 39.9 Å². The van der Waals surface area contributed by atoms with Gasteiger partial charge in [0.05, 0.1) is 54.2 Å². The number of aliphatic hydroxyl groups is 2. The van der Waals surface area contributed by atoms with Crippen LogP contribution in [0.1, 0.15) is 96.3 Å². The van der Waals surface area contributed by atoms with Crippen molar-refractivity contribution < 1.29 is 48.1 Å². The average molecular weight is 845 g/mol. The number of rotatable bonds is 8. The minimum atomic E-state index is -0.648. The van der Waals surface area contributed by atoms with Crippen molar-refractivity contribution in [1.82, 2.24) is 9.97 Å². The van der Waals surface area contributed by atoms with Crippen LogP contribution in [0, 0.1) is 10.8 Å². The van der Waals surface area contributed by atoms with Crippen molar-refractivity contribution >= 4 is 58.3 Å². The highest BCUT2D eigenvalue weighted by molar-refractivity contribution is 6.51. The molecule has 0 amide bonds. The number of carbonyl (C=O) groups excluding carboxylic acids is 2. The van der Waals surface area contributed by atoms with Gasteiger partial charge in [-0.3, -0.25) is 14.6 Å². The number of fused-ring (bicyclic) bond motifs is 2. The van der Waals surface area contributed by atoms with Gasteiger partial charge >= 0.3 is 19.1 Å². The molecule has 0 radical (unpaired) electrons. The van der Waals surface area contributed by atoms with Crippen LogP contribution >= 0.6 is 11.6 Å². The van der Waals surface area contributed by atoms with Gasteiger partial charge < -0.3 is 38.5 Å². The maximum atomic E-state index is 12.3. The molecular weight excluding hydrogens is 787 g/mol. The summed E-state index contributed by atoms with van der Waals surface area (Å²) in [6.45, 7) is 13.7. The van der Waals surface area contributed by atoms with Crippen LogP contribution in [-0.4, -0.2) is 91.1 Å². The van der Waals surface area contributed by atoms with E-state index in [9.17, 15) is 19.8 Å². The lowest BCUT2D eigenvalue weighted by Gasteiger charge is -2.32. The van der Waals surface area contributed by atoms with Gasteiger partial charge in [0, 0.05) is 49.6 Å². The predicted octanol–water partition coefficient (Wildman–Crippen LogP) is 8.36. The summed E-state index contributed by atoms with van der Waals surface area (Å²) >= 11 is 5.78. The molecule has 14 heteroatoms. The molecule has 5 heterocycles. The summed E-state index contributed by atoms with van der Waals surface area (Å²) in [6.07, 6.45) is 10.7. The Labute approximate surface area is 358 Å². The molecule has 2 aromatic heterocycles. The van der Waals surface area contributed by atoms with Gasteiger partial charge in [0.1, 0.15) is 5.15 Å². The second kappa shape index (κ2) is 20.1. The molecule has 3 saturated heterocycles. The SMILES string of the molecule is COC(=O)C1(/C=C/B2OC(C)(C)C(C)(C)O2)CCOCC1.COC(=O)C1(/C=C/c2cc3cc([C@@H](C)O)ccc3cn2)CCOCC1.C[C@@H](O)c1ccc2cnc(Cl)cc2c1. The molecule has 0 bridgehead atoms. The van der Waals surface area contributed by atoms with Crippen molar-refractivity contribution in [2.45, 2.75) is 90.6 Å². The predicted molar refractivity (Wildman–Crippen MR) is 233 cm³/mol. The number of esters is 2. The first-order chi connectivity index (χ1) is 28.4. The Bertz CT molecular complexity index is 2140. The summed E-state index contributed by atoms with van der Waals surface area (Å²) in [4.78, 5) is 32.8. The van der Waals surface area contributed by atoms with Crippen LogP contribution in [-0.2, 0) is 37.8 Å². The van der Waals surface area contributed by atoms with Crippen LogP contribution < -0.4 is 0 Å². The molecule has 0 spiro atoms. The number of halogens is 1. The number of pyridine rings is 2. The number of nitrogens with zero attached hydrogens (tertiary/aromatic N) is 2. The molecule has 0 aliphatic carbocycles. The smallest absolute Gasteiger partial charge is 0.468 e. The van der Waals surface area contributed by atoms with Crippen molar-refractivity contribution in [2.24, 2.45) is 10.8 Å². The number of ether oxygens (including phenoxy) is 4. The van der Waals surface area contributed by atoms with Crippen molar-refractivity contribution in [3.05, 3.63) is 101 Å². The Morgan fingerprint density at radius 2 is 1.15 bits per heavy atom. The van der Waals surface area contributed by atoms with E-state index in [1.807, 2.05) is 94.4 Å². The van der Waals surface area contributed by atoms with Crippen molar-refractivity contribution in [1.29, 1.82) is 0 Å². The van der Waals surface area contributed by atoms with E-state index < -0.39 is 30.2 Å². The molecule has 0 saturated carbocycles. The quantitative estimate of drug-likeness (QED) is 0.0995. The molecule has 3 aliphatic rings. The topological polar surface area (TPSA) is 156 Å². The molecule has 60 heavy (non-hydrogen) atoms. The standard InChI is InChI=1S/C20H23NO4.C15H25BO5.C11H10ClNO/c1-14(22)15-3-4-16-13-21-18(12-17(16)11-15)5-6-20(19(23)24-2)7-9-25-10-8-20;1-13(2)14(3,4)21-16(20-13)9-6-15(12(17)18-5)7-10-19-11-8-15;1-7(14)8-2-3-9-6-13-11(12)5-10(9)4-8/h3-6,11-14,22H,7-10H2,1-2H3;6,9H,7-8,10-11H2,1-5H3;2-7,14H,1H3/b6-5+;9-6+;/t14-;;7-/m1.1/s1. The zero-order valence-electron chi connectivity index (χ0n) is 35.9. The Balaban J connectivity index is 0.000000177. The first-order valence-electron chi connectivity index (χ1n) is 20.3. The second-order valence-corrected chi connectivity index (χ2v) is 16.9. The zero-order valence-corrected chi connectivity index (χ0v) is 36.7. The highest BCUT2D eigenvalue weighted by Crippen LogP contribution is 2.39. The van der Waals surface area contributed by atoms with Gasteiger partial charge in [0.2, 0.25) is 0 Å². The summed E-state index contributed by atoms with van der Waals surface area (Å²) in [5.41, 5.74) is 0.488. The third-order valence-corrected chi connectivity index (χ3v) is 12.0. The summed E-state index contributed by atoms with van der Waals surface area (Å²) in [6, 6.07) is 15.3. The third-order valence-electron chi connectivity index (χ3n) is 11.8. The molecule has 2 N–H and O–H groups in total. The minimum absolute atomic E-state index is 0.224. The first-order valence-corrected chi connectivity index (χ1v) is 20.7. The number of carbonyl (C=O) groups is 2. The van der Waals surface area contributed by atoms with Gasteiger partial charge in [-0.05, 0) is 119 Å². The fourth-order valence-corrected chi connectivity index (χ4v) is 7.32. The highest BCUT2D eigenvalue weighted by atomic mass is 35.5. The van der Waals surface area contributed by atoms with Crippen LogP contribution in [0.2, 0.25) is 5.15 Å². The zero-order chi connectivity index (χ0) is 43.7. The Morgan fingerprint density at radius 1 is 0.700 bits per heavy atom. The van der Waals surface area contributed by atoms with Crippen molar-refractivity contribution in [2.75, 3.05) is 40.6 Å². The van der Waals surface area contributed by atoms with Gasteiger partial charge in [-0.2, -0.15) is 0 Å². The van der Waals surface area contributed by atoms with E-state index in [-0.39, 0.29) is 23.1 Å². The summed E-state index contributed by atoms with van der Waals surface area (Å²) in [5, 5.41) is 23.7. The third kappa shape index (κ3) is 11.4. The minimum Gasteiger partial charge on any atom is -0.468 e. The molecule has 12 nitrogen and oxygen atoms in total. The molecule has 2 atom stereocenters. The second-order valence-electron chi connectivity index (χ2n) is 16.5. The maximum absolute atomic E-state index is 12.3. The number of aliphatic hydroxyl groups excluding tert-OH is 2. The van der Waals surface area contributed by atoms with E-state index in [2.05, 4.69) is 9.97 Å². The number of benzene rings is 2. The Morgan fingerprint density at radius 3 is 1.62 bits per heavy atom. The Hall–Kier alpha value is -4.21. The number of hydrogen-bond donors (Lipinski definition) is 2. The van der Waals surface area contributed by atoms with E-state index in [0.717, 1.165) is 38.4 Å². The van der Waals surface area contributed by atoms with Gasteiger partial charge in [0.15, 0.2) is 0 Å². The molecule has 0 unspecified atom stereocenters. The van der Waals surface area contributed by atoms with Crippen LogP contribution in [0.15, 0.2) is 79.1 Å². The summed E-state index contributed by atoms with van der Waals surface area (Å²) in [5.74, 6) is 1.38. The van der Waals surface area contributed by atoms with Gasteiger partial charge in [-0.1, -0.05) is 54.0 Å². The molecule has 3 aliphatic heterocycles. The normalized spacial score (nSPS) is 20.1. The molecular formula is C46H58BClN2O10. The van der Waals surface area contributed by atoms with Crippen LogP contribution in [0.25, 0.3) is 27.6 Å². The van der Waals surface area contributed by atoms with Crippen molar-refractivity contribution in [3.8, 4) is 0 Å². The lowest BCUT2D eigenvalue weighted by atomic mass is 9.76. The molecule has 2 aromatic carbocycles. The van der Waals surface area contributed by atoms with Gasteiger partial charge in [0.25, 0.3) is 0 Å². The molecule has 4 aromatic rings. The molecule has 322 valence electrons.